The van der Waals surface area contributed by atoms with Crippen LogP contribution >= 0.6 is 22.7 Å². The molecule has 0 radical (unpaired) electrons. The van der Waals surface area contributed by atoms with Crippen LogP contribution in [0, 0.1) is 6.92 Å². The first-order valence-electron chi connectivity index (χ1n) is 7.62. The quantitative estimate of drug-likeness (QED) is 0.548. The van der Waals surface area contributed by atoms with Crippen LogP contribution in [0.25, 0.3) is 16.3 Å². The van der Waals surface area contributed by atoms with Crippen molar-refractivity contribution in [3.05, 3.63) is 46.9 Å². The van der Waals surface area contributed by atoms with Crippen LogP contribution in [-0.2, 0) is 0 Å². The lowest BCUT2D eigenvalue weighted by Gasteiger charge is -2.05. The summed E-state index contributed by atoms with van der Waals surface area (Å²) in [7, 11) is 0. The lowest BCUT2D eigenvalue weighted by molar-refractivity contribution is 0.340. The number of aryl methyl sites for hydroxylation is 1. The lowest BCUT2D eigenvalue weighted by Crippen LogP contribution is -1.93. The SMILES string of the molecule is CCOc1ccc(Nc2nc(-c3c(C)nc4sccn34)cs2)cc1. The third kappa shape index (κ3) is 2.76. The molecular weight excluding hydrogens is 340 g/mol. The molecule has 4 rings (SSSR count). The zero-order valence-electron chi connectivity index (χ0n) is 13.3. The summed E-state index contributed by atoms with van der Waals surface area (Å²) < 4.78 is 7.55. The summed E-state index contributed by atoms with van der Waals surface area (Å²) in [6, 6.07) is 7.90. The van der Waals surface area contributed by atoms with E-state index >= 15 is 0 Å². The van der Waals surface area contributed by atoms with Crippen molar-refractivity contribution in [1.82, 2.24) is 14.4 Å². The highest BCUT2D eigenvalue weighted by atomic mass is 32.1. The van der Waals surface area contributed by atoms with E-state index in [4.69, 9.17) is 9.72 Å². The monoisotopic (exact) mass is 356 g/mol. The molecule has 4 aromatic rings. The minimum absolute atomic E-state index is 0.671. The van der Waals surface area contributed by atoms with Crippen molar-refractivity contribution in [2.75, 3.05) is 11.9 Å². The molecule has 3 heterocycles. The molecule has 0 aliphatic carbocycles. The second-order valence-electron chi connectivity index (χ2n) is 5.22. The highest BCUT2D eigenvalue weighted by molar-refractivity contribution is 7.15. The van der Waals surface area contributed by atoms with Crippen LogP contribution in [0.1, 0.15) is 12.6 Å². The molecule has 7 heteroatoms. The summed E-state index contributed by atoms with van der Waals surface area (Å²) in [5.74, 6) is 0.873. The predicted octanol–water partition coefficient (Wildman–Crippen LogP) is 4.97. The van der Waals surface area contributed by atoms with Gasteiger partial charge in [-0.2, -0.15) is 0 Å². The Kier molecular flexibility index (Phi) is 3.95. The van der Waals surface area contributed by atoms with Crippen molar-refractivity contribution in [2.24, 2.45) is 0 Å². The summed E-state index contributed by atoms with van der Waals surface area (Å²) in [6.45, 7) is 4.67. The average molecular weight is 356 g/mol. The van der Waals surface area contributed by atoms with E-state index in [2.05, 4.69) is 20.1 Å². The summed E-state index contributed by atoms with van der Waals surface area (Å²) in [6.07, 6.45) is 2.04. The van der Waals surface area contributed by atoms with E-state index in [1.54, 1.807) is 22.7 Å². The Morgan fingerprint density at radius 2 is 2.00 bits per heavy atom. The number of fused-ring (bicyclic) bond motifs is 1. The van der Waals surface area contributed by atoms with E-state index in [0.29, 0.717) is 6.61 Å². The van der Waals surface area contributed by atoms with Crippen LogP contribution in [0.3, 0.4) is 0 Å². The molecule has 0 bridgehead atoms. The third-order valence-corrected chi connectivity index (χ3v) is 5.11. The smallest absolute Gasteiger partial charge is 0.194 e. The van der Waals surface area contributed by atoms with Crippen molar-refractivity contribution in [1.29, 1.82) is 0 Å². The standard InChI is InChI=1S/C17H16N4OS2/c1-3-22-13-6-4-12(5-7-13)19-16-20-14(10-24-16)15-11(2)18-17-21(15)8-9-23-17/h4-10H,3H2,1-2H3,(H,19,20). The normalized spacial score (nSPS) is 11.1. The van der Waals surface area contributed by atoms with Crippen molar-refractivity contribution in [3.63, 3.8) is 0 Å². The fourth-order valence-electron chi connectivity index (χ4n) is 2.57. The number of nitrogens with one attached hydrogen (secondary N) is 1. The molecule has 1 N–H and O–H groups in total. The number of rotatable bonds is 5. The second kappa shape index (κ2) is 6.26. The van der Waals surface area contributed by atoms with Gasteiger partial charge in [-0.1, -0.05) is 0 Å². The minimum atomic E-state index is 0.671. The molecule has 0 fully saturated rings. The number of thiazole rings is 2. The van der Waals surface area contributed by atoms with Crippen LogP contribution in [0.5, 0.6) is 5.75 Å². The fraction of sp³-hybridized carbons (Fsp3) is 0.176. The Morgan fingerprint density at radius 3 is 2.79 bits per heavy atom. The average Bonchev–Trinajstić information content (AvgIpc) is 3.26. The number of benzene rings is 1. The Hall–Kier alpha value is -2.38. The van der Waals surface area contributed by atoms with Gasteiger partial charge in [-0.25, -0.2) is 9.97 Å². The van der Waals surface area contributed by atoms with Crippen LogP contribution in [0.4, 0.5) is 10.8 Å². The van der Waals surface area contributed by atoms with Crippen molar-refractivity contribution in [3.8, 4) is 17.1 Å². The lowest BCUT2D eigenvalue weighted by atomic mass is 10.3. The van der Waals surface area contributed by atoms with Gasteiger partial charge < -0.3 is 10.1 Å². The van der Waals surface area contributed by atoms with Crippen molar-refractivity contribution >= 4 is 38.5 Å². The second-order valence-corrected chi connectivity index (χ2v) is 6.95. The number of hydrogen-bond donors (Lipinski definition) is 1. The van der Waals surface area contributed by atoms with Gasteiger partial charge in [0.15, 0.2) is 10.1 Å². The van der Waals surface area contributed by atoms with Crippen LogP contribution in [0.2, 0.25) is 0 Å². The van der Waals surface area contributed by atoms with Crippen LogP contribution < -0.4 is 10.1 Å². The van der Waals surface area contributed by atoms with Gasteiger partial charge in [-0.15, -0.1) is 22.7 Å². The molecule has 0 unspecified atom stereocenters. The fourth-order valence-corrected chi connectivity index (χ4v) is 4.04. The summed E-state index contributed by atoms with van der Waals surface area (Å²) in [4.78, 5) is 10.3. The highest BCUT2D eigenvalue weighted by Gasteiger charge is 2.14. The minimum Gasteiger partial charge on any atom is -0.494 e. The van der Waals surface area contributed by atoms with Gasteiger partial charge in [0.05, 0.1) is 18.0 Å². The van der Waals surface area contributed by atoms with E-state index in [0.717, 1.165) is 38.6 Å². The van der Waals surface area contributed by atoms with Gasteiger partial charge in [-0.3, -0.25) is 4.40 Å². The zero-order valence-corrected chi connectivity index (χ0v) is 14.9. The van der Waals surface area contributed by atoms with Gasteiger partial charge in [0.25, 0.3) is 0 Å². The van der Waals surface area contributed by atoms with E-state index in [1.807, 2.05) is 49.7 Å². The highest BCUT2D eigenvalue weighted by Crippen LogP contribution is 2.31. The molecule has 0 atom stereocenters. The van der Waals surface area contributed by atoms with Crippen LogP contribution in [-0.4, -0.2) is 21.0 Å². The molecule has 24 heavy (non-hydrogen) atoms. The maximum Gasteiger partial charge on any atom is 0.194 e. The molecule has 0 spiro atoms. The zero-order chi connectivity index (χ0) is 16.5. The molecule has 0 aliphatic rings. The number of hydrogen-bond acceptors (Lipinski definition) is 6. The molecule has 5 nitrogen and oxygen atoms in total. The molecule has 1 aromatic carbocycles. The van der Waals surface area contributed by atoms with E-state index < -0.39 is 0 Å². The molecule has 3 aromatic heterocycles. The molecule has 122 valence electrons. The van der Waals surface area contributed by atoms with E-state index in [9.17, 15) is 0 Å². The first kappa shape index (κ1) is 15.2. The number of ether oxygens (including phenoxy) is 1. The van der Waals surface area contributed by atoms with E-state index in [1.165, 1.54) is 0 Å². The molecule has 0 amide bonds. The maximum atomic E-state index is 5.46. The number of aromatic nitrogens is 3. The van der Waals surface area contributed by atoms with Gasteiger partial charge in [-0.05, 0) is 38.1 Å². The molecular formula is C17H16N4OS2. The molecule has 0 saturated heterocycles. The summed E-state index contributed by atoms with van der Waals surface area (Å²) in [5, 5.41) is 8.30. The van der Waals surface area contributed by atoms with Crippen LogP contribution in [0.15, 0.2) is 41.2 Å². The third-order valence-electron chi connectivity index (χ3n) is 3.60. The molecule has 0 saturated carbocycles. The Morgan fingerprint density at radius 1 is 1.17 bits per heavy atom. The largest absolute Gasteiger partial charge is 0.494 e. The number of anilines is 2. The number of nitrogens with zero attached hydrogens (tertiary/aromatic N) is 3. The van der Waals surface area contributed by atoms with Gasteiger partial charge >= 0.3 is 0 Å². The Balaban J connectivity index is 1.58. The maximum absolute atomic E-state index is 5.46. The van der Waals surface area contributed by atoms with Gasteiger partial charge in [0.1, 0.15) is 11.4 Å². The van der Waals surface area contributed by atoms with Gasteiger partial charge in [0.2, 0.25) is 0 Å². The Bertz CT molecular complexity index is 968. The molecule has 0 aliphatic heterocycles. The predicted molar refractivity (Wildman–Crippen MR) is 99.8 cm³/mol. The first-order valence-corrected chi connectivity index (χ1v) is 9.38. The summed E-state index contributed by atoms with van der Waals surface area (Å²) >= 11 is 3.22. The first-order chi connectivity index (χ1) is 11.7. The topological polar surface area (TPSA) is 51.5 Å². The van der Waals surface area contributed by atoms with Crippen molar-refractivity contribution < 1.29 is 4.74 Å². The Labute approximate surface area is 147 Å². The number of imidazole rings is 1. The van der Waals surface area contributed by atoms with Crippen molar-refractivity contribution in [2.45, 2.75) is 13.8 Å². The van der Waals surface area contributed by atoms with E-state index in [-0.39, 0.29) is 0 Å². The summed E-state index contributed by atoms with van der Waals surface area (Å²) in [5.41, 5.74) is 3.99. The van der Waals surface area contributed by atoms with Gasteiger partial charge in [0, 0.05) is 22.6 Å².